The Kier molecular flexibility index (Phi) is 4.25. The third-order valence-corrected chi connectivity index (χ3v) is 2.96. The zero-order chi connectivity index (χ0) is 14.5. The highest BCUT2D eigenvalue weighted by Crippen LogP contribution is 2.19. The predicted molar refractivity (Wildman–Crippen MR) is 78.6 cm³/mol. The lowest BCUT2D eigenvalue weighted by atomic mass is 10.2. The van der Waals surface area contributed by atoms with Crippen LogP contribution < -0.4 is 14.4 Å². The average Bonchev–Trinajstić information content (AvgIpc) is 2.48. The maximum atomic E-state index is 12.0. The lowest BCUT2D eigenvalue weighted by molar-refractivity contribution is 0.209. The molecule has 2 rings (SSSR count). The Bertz CT molecular complexity index is 576. The molecular formula is C16H17NO3. The van der Waals surface area contributed by atoms with E-state index in [1.165, 1.54) is 4.90 Å². The van der Waals surface area contributed by atoms with Crippen molar-refractivity contribution in [2.24, 2.45) is 0 Å². The predicted octanol–water partition coefficient (Wildman–Crippen LogP) is 3.64. The second kappa shape index (κ2) is 6.10. The van der Waals surface area contributed by atoms with E-state index in [0.717, 1.165) is 17.0 Å². The molecule has 4 nitrogen and oxygen atoms in total. The molecule has 0 aliphatic heterocycles. The fourth-order valence-corrected chi connectivity index (χ4v) is 1.69. The fraction of sp³-hybridized carbons (Fsp3) is 0.188. The molecule has 0 aliphatic carbocycles. The Balaban J connectivity index is 2.05. The van der Waals surface area contributed by atoms with Gasteiger partial charge in [0.05, 0.1) is 7.11 Å². The smallest absolute Gasteiger partial charge is 0.419 e. The Morgan fingerprint density at radius 1 is 0.950 bits per heavy atom. The van der Waals surface area contributed by atoms with E-state index >= 15 is 0 Å². The van der Waals surface area contributed by atoms with Crippen LogP contribution in [-0.2, 0) is 0 Å². The van der Waals surface area contributed by atoms with Gasteiger partial charge in [-0.2, -0.15) is 0 Å². The van der Waals surface area contributed by atoms with E-state index in [2.05, 4.69) is 0 Å². The second-order valence-corrected chi connectivity index (χ2v) is 4.44. The van der Waals surface area contributed by atoms with Gasteiger partial charge in [-0.1, -0.05) is 17.7 Å². The molecular weight excluding hydrogens is 254 g/mol. The van der Waals surface area contributed by atoms with Gasteiger partial charge < -0.3 is 9.47 Å². The van der Waals surface area contributed by atoms with E-state index in [-0.39, 0.29) is 0 Å². The molecule has 0 atom stereocenters. The monoisotopic (exact) mass is 271 g/mol. The van der Waals surface area contributed by atoms with Gasteiger partial charge in [0.1, 0.15) is 11.5 Å². The first-order valence-electron chi connectivity index (χ1n) is 6.26. The number of anilines is 1. The number of methoxy groups -OCH3 is 1. The third-order valence-electron chi connectivity index (χ3n) is 2.96. The van der Waals surface area contributed by atoms with Crippen LogP contribution in [0.2, 0.25) is 0 Å². The molecule has 0 saturated heterocycles. The van der Waals surface area contributed by atoms with Gasteiger partial charge in [-0.25, -0.2) is 4.79 Å². The molecule has 0 saturated carbocycles. The van der Waals surface area contributed by atoms with Crippen molar-refractivity contribution in [1.82, 2.24) is 0 Å². The maximum absolute atomic E-state index is 12.0. The van der Waals surface area contributed by atoms with Gasteiger partial charge in [0, 0.05) is 12.7 Å². The lowest BCUT2D eigenvalue weighted by Gasteiger charge is -2.17. The molecule has 0 radical (unpaired) electrons. The van der Waals surface area contributed by atoms with Crippen molar-refractivity contribution < 1.29 is 14.3 Å². The Morgan fingerprint density at radius 3 is 2.05 bits per heavy atom. The Labute approximate surface area is 118 Å². The quantitative estimate of drug-likeness (QED) is 0.855. The van der Waals surface area contributed by atoms with Crippen LogP contribution in [0.15, 0.2) is 48.5 Å². The minimum Gasteiger partial charge on any atom is -0.497 e. The van der Waals surface area contributed by atoms with E-state index in [0.29, 0.717) is 5.75 Å². The number of aryl methyl sites for hydroxylation is 1. The highest BCUT2D eigenvalue weighted by molar-refractivity contribution is 5.88. The molecule has 2 aromatic rings. The number of hydrogen-bond acceptors (Lipinski definition) is 3. The number of ether oxygens (including phenoxy) is 2. The van der Waals surface area contributed by atoms with Crippen molar-refractivity contribution in [1.29, 1.82) is 0 Å². The summed E-state index contributed by atoms with van der Waals surface area (Å²) in [4.78, 5) is 13.5. The van der Waals surface area contributed by atoms with Gasteiger partial charge in [0.25, 0.3) is 0 Å². The molecule has 20 heavy (non-hydrogen) atoms. The van der Waals surface area contributed by atoms with Crippen LogP contribution in [0.5, 0.6) is 11.5 Å². The molecule has 0 N–H and O–H groups in total. The van der Waals surface area contributed by atoms with Crippen molar-refractivity contribution in [3.8, 4) is 11.5 Å². The van der Waals surface area contributed by atoms with Crippen LogP contribution >= 0.6 is 0 Å². The van der Waals surface area contributed by atoms with Crippen molar-refractivity contribution in [3.63, 3.8) is 0 Å². The Morgan fingerprint density at radius 2 is 1.50 bits per heavy atom. The summed E-state index contributed by atoms with van der Waals surface area (Å²) in [5.74, 6) is 1.20. The number of carbonyl (C=O) groups is 1. The topological polar surface area (TPSA) is 38.8 Å². The molecule has 4 heteroatoms. The van der Waals surface area contributed by atoms with E-state index in [1.807, 2.05) is 31.2 Å². The molecule has 0 spiro atoms. The van der Waals surface area contributed by atoms with Crippen LogP contribution in [-0.4, -0.2) is 20.3 Å². The summed E-state index contributed by atoms with van der Waals surface area (Å²) >= 11 is 0. The minimum absolute atomic E-state index is 0.431. The van der Waals surface area contributed by atoms with E-state index in [9.17, 15) is 4.79 Å². The van der Waals surface area contributed by atoms with E-state index in [4.69, 9.17) is 9.47 Å². The number of rotatable bonds is 3. The van der Waals surface area contributed by atoms with Crippen LogP contribution in [0.4, 0.5) is 10.5 Å². The first kappa shape index (κ1) is 13.9. The molecule has 0 unspecified atom stereocenters. The summed E-state index contributed by atoms with van der Waals surface area (Å²) in [5.41, 5.74) is 1.93. The van der Waals surface area contributed by atoms with Gasteiger partial charge in [-0.3, -0.25) is 4.90 Å². The second-order valence-electron chi connectivity index (χ2n) is 4.44. The molecule has 0 heterocycles. The molecule has 0 aliphatic rings. The summed E-state index contributed by atoms with van der Waals surface area (Å²) in [6, 6.07) is 14.5. The fourth-order valence-electron chi connectivity index (χ4n) is 1.69. The van der Waals surface area contributed by atoms with Crippen LogP contribution in [0, 0.1) is 6.92 Å². The first-order chi connectivity index (χ1) is 9.60. The summed E-state index contributed by atoms with van der Waals surface area (Å²) in [7, 11) is 3.27. The average molecular weight is 271 g/mol. The number of hydrogen-bond donors (Lipinski definition) is 0. The van der Waals surface area contributed by atoms with Crippen LogP contribution in [0.3, 0.4) is 0 Å². The van der Waals surface area contributed by atoms with Crippen molar-refractivity contribution in [3.05, 3.63) is 54.1 Å². The van der Waals surface area contributed by atoms with Gasteiger partial charge in [0.15, 0.2) is 0 Å². The number of carbonyl (C=O) groups excluding carboxylic acids is 1. The summed E-state index contributed by atoms with van der Waals surface area (Å²) in [5, 5.41) is 0. The van der Waals surface area contributed by atoms with Gasteiger partial charge in [-0.15, -0.1) is 0 Å². The van der Waals surface area contributed by atoms with Gasteiger partial charge in [-0.05, 0) is 43.3 Å². The molecule has 0 bridgehead atoms. The highest BCUT2D eigenvalue weighted by Gasteiger charge is 2.13. The summed E-state index contributed by atoms with van der Waals surface area (Å²) in [6.45, 7) is 2.00. The van der Waals surface area contributed by atoms with Crippen molar-refractivity contribution >= 4 is 11.8 Å². The maximum Gasteiger partial charge on any atom is 0.419 e. The summed E-state index contributed by atoms with van der Waals surface area (Å²) < 4.78 is 10.3. The number of amides is 1. The minimum atomic E-state index is -0.431. The third kappa shape index (κ3) is 3.29. The zero-order valence-electron chi connectivity index (χ0n) is 11.8. The molecule has 104 valence electrons. The van der Waals surface area contributed by atoms with Crippen molar-refractivity contribution in [2.45, 2.75) is 6.92 Å². The van der Waals surface area contributed by atoms with Crippen LogP contribution in [0.25, 0.3) is 0 Å². The van der Waals surface area contributed by atoms with E-state index < -0.39 is 6.09 Å². The molecule has 2 aromatic carbocycles. The normalized spacial score (nSPS) is 9.95. The SMILES string of the molecule is COc1ccc(OC(=O)N(C)c2ccc(C)cc2)cc1. The number of nitrogens with zero attached hydrogens (tertiary/aromatic N) is 1. The van der Waals surface area contributed by atoms with Crippen LogP contribution in [0.1, 0.15) is 5.56 Å². The Hall–Kier alpha value is -2.49. The van der Waals surface area contributed by atoms with Gasteiger partial charge in [0.2, 0.25) is 0 Å². The standard InChI is InChI=1S/C16H17NO3/c1-12-4-6-13(7-5-12)17(2)16(18)20-15-10-8-14(19-3)9-11-15/h4-11H,1-3H3. The lowest BCUT2D eigenvalue weighted by Crippen LogP contribution is -2.29. The summed E-state index contributed by atoms with van der Waals surface area (Å²) in [6.07, 6.45) is -0.431. The largest absolute Gasteiger partial charge is 0.497 e. The molecule has 0 aromatic heterocycles. The van der Waals surface area contributed by atoms with Gasteiger partial charge >= 0.3 is 6.09 Å². The van der Waals surface area contributed by atoms with E-state index in [1.54, 1.807) is 38.4 Å². The zero-order valence-corrected chi connectivity index (χ0v) is 11.8. The highest BCUT2D eigenvalue weighted by atomic mass is 16.6. The van der Waals surface area contributed by atoms with Crippen molar-refractivity contribution in [2.75, 3.05) is 19.1 Å². The number of benzene rings is 2. The first-order valence-corrected chi connectivity index (χ1v) is 6.26. The molecule has 1 amide bonds. The molecule has 0 fully saturated rings.